The van der Waals surface area contributed by atoms with Crippen molar-refractivity contribution in [3.05, 3.63) is 64.4 Å². The SMILES string of the molecule is CCCCOc1ccc(C(=O)NNc2nc3ccccc3c(=O)n2CC)cc1. The van der Waals surface area contributed by atoms with Crippen molar-refractivity contribution in [3.8, 4) is 5.75 Å². The second-order valence-electron chi connectivity index (χ2n) is 6.31. The summed E-state index contributed by atoms with van der Waals surface area (Å²) >= 11 is 0. The Bertz CT molecular complexity index is 1010. The predicted molar refractivity (Wildman–Crippen MR) is 110 cm³/mol. The van der Waals surface area contributed by atoms with Crippen LogP contribution in [0.3, 0.4) is 0 Å². The average molecular weight is 380 g/mol. The van der Waals surface area contributed by atoms with Gasteiger partial charge in [-0.2, -0.15) is 0 Å². The third-order valence-corrected chi connectivity index (χ3v) is 4.35. The lowest BCUT2D eigenvalue weighted by Gasteiger charge is -2.14. The molecule has 0 saturated carbocycles. The molecule has 28 heavy (non-hydrogen) atoms. The number of hydrazine groups is 1. The zero-order valence-corrected chi connectivity index (χ0v) is 16.1. The van der Waals surface area contributed by atoms with Gasteiger partial charge in [0.15, 0.2) is 0 Å². The molecule has 7 heteroatoms. The smallest absolute Gasteiger partial charge is 0.269 e. The predicted octanol–water partition coefficient (Wildman–Crippen LogP) is 3.35. The first kappa shape index (κ1) is 19.4. The number of unbranched alkanes of at least 4 members (excludes halogenated alkanes) is 1. The van der Waals surface area contributed by atoms with E-state index in [9.17, 15) is 9.59 Å². The van der Waals surface area contributed by atoms with Crippen LogP contribution in [0.1, 0.15) is 37.0 Å². The van der Waals surface area contributed by atoms with E-state index in [2.05, 4.69) is 22.8 Å². The van der Waals surface area contributed by atoms with Crippen molar-refractivity contribution in [2.24, 2.45) is 0 Å². The lowest BCUT2D eigenvalue weighted by atomic mass is 10.2. The van der Waals surface area contributed by atoms with Crippen LogP contribution in [-0.4, -0.2) is 22.1 Å². The van der Waals surface area contributed by atoms with Gasteiger partial charge in [0.25, 0.3) is 11.5 Å². The molecular weight excluding hydrogens is 356 g/mol. The number of benzene rings is 2. The lowest BCUT2D eigenvalue weighted by Crippen LogP contribution is -2.34. The van der Waals surface area contributed by atoms with Crippen LogP contribution in [0.5, 0.6) is 5.75 Å². The highest BCUT2D eigenvalue weighted by Gasteiger charge is 2.11. The molecule has 0 radical (unpaired) electrons. The summed E-state index contributed by atoms with van der Waals surface area (Å²) in [4.78, 5) is 29.5. The normalized spacial score (nSPS) is 10.6. The van der Waals surface area contributed by atoms with Gasteiger partial charge in [0.05, 0.1) is 17.5 Å². The molecule has 0 atom stereocenters. The quantitative estimate of drug-likeness (QED) is 0.462. The molecule has 0 spiro atoms. The van der Waals surface area contributed by atoms with E-state index in [1.165, 1.54) is 4.57 Å². The van der Waals surface area contributed by atoms with E-state index in [0.29, 0.717) is 35.6 Å². The van der Waals surface area contributed by atoms with Crippen LogP contribution in [0, 0.1) is 0 Å². The molecule has 7 nitrogen and oxygen atoms in total. The molecule has 146 valence electrons. The Labute approximate surface area is 163 Å². The highest BCUT2D eigenvalue weighted by molar-refractivity contribution is 5.94. The Kier molecular flexibility index (Phi) is 6.26. The number of carbonyl (C=O) groups excluding carboxylic acids is 1. The average Bonchev–Trinajstić information content (AvgIpc) is 2.73. The molecule has 0 saturated heterocycles. The molecule has 0 unspecified atom stereocenters. The molecule has 1 aromatic heterocycles. The van der Waals surface area contributed by atoms with Crippen LogP contribution >= 0.6 is 0 Å². The summed E-state index contributed by atoms with van der Waals surface area (Å²) in [6.45, 7) is 5.04. The van der Waals surface area contributed by atoms with Gasteiger partial charge in [-0.25, -0.2) is 4.98 Å². The summed E-state index contributed by atoms with van der Waals surface area (Å²) in [5.74, 6) is 0.693. The summed E-state index contributed by atoms with van der Waals surface area (Å²) in [7, 11) is 0. The van der Waals surface area contributed by atoms with Crippen LogP contribution in [-0.2, 0) is 6.54 Å². The van der Waals surface area contributed by atoms with Crippen molar-refractivity contribution in [2.45, 2.75) is 33.2 Å². The zero-order chi connectivity index (χ0) is 19.9. The number of hydrogen-bond acceptors (Lipinski definition) is 5. The highest BCUT2D eigenvalue weighted by atomic mass is 16.5. The molecule has 3 aromatic rings. The molecular formula is C21H24N4O3. The fourth-order valence-corrected chi connectivity index (χ4v) is 2.78. The molecule has 0 aliphatic rings. The molecule has 1 heterocycles. The molecule has 0 aliphatic heterocycles. The van der Waals surface area contributed by atoms with Crippen molar-refractivity contribution < 1.29 is 9.53 Å². The fourth-order valence-electron chi connectivity index (χ4n) is 2.78. The van der Waals surface area contributed by atoms with Gasteiger partial charge in [-0.1, -0.05) is 25.5 Å². The van der Waals surface area contributed by atoms with Gasteiger partial charge in [0.2, 0.25) is 5.95 Å². The van der Waals surface area contributed by atoms with Gasteiger partial charge in [-0.15, -0.1) is 0 Å². The van der Waals surface area contributed by atoms with Crippen LogP contribution in [0.2, 0.25) is 0 Å². The van der Waals surface area contributed by atoms with E-state index < -0.39 is 0 Å². The first-order chi connectivity index (χ1) is 13.6. The lowest BCUT2D eigenvalue weighted by molar-refractivity contribution is 0.0962. The Hall–Kier alpha value is -3.35. The molecule has 2 aromatic carbocycles. The summed E-state index contributed by atoms with van der Waals surface area (Å²) < 4.78 is 7.08. The molecule has 3 rings (SSSR count). The number of anilines is 1. The van der Waals surface area contributed by atoms with Gasteiger partial charge < -0.3 is 4.74 Å². The number of nitrogens with one attached hydrogen (secondary N) is 2. The van der Waals surface area contributed by atoms with Gasteiger partial charge in [-0.05, 0) is 49.7 Å². The molecule has 1 amide bonds. The van der Waals surface area contributed by atoms with Crippen molar-refractivity contribution in [1.29, 1.82) is 0 Å². The Morgan fingerprint density at radius 3 is 2.57 bits per heavy atom. The van der Waals surface area contributed by atoms with Crippen LogP contribution in [0.4, 0.5) is 5.95 Å². The molecule has 0 fully saturated rings. The van der Waals surface area contributed by atoms with E-state index in [4.69, 9.17) is 4.74 Å². The second kappa shape index (κ2) is 9.03. The van der Waals surface area contributed by atoms with Crippen molar-refractivity contribution in [1.82, 2.24) is 15.0 Å². The van der Waals surface area contributed by atoms with Gasteiger partial charge in [0, 0.05) is 12.1 Å². The largest absolute Gasteiger partial charge is 0.494 e. The van der Waals surface area contributed by atoms with Crippen molar-refractivity contribution in [3.63, 3.8) is 0 Å². The number of amides is 1. The standard InChI is InChI=1S/C21H24N4O3/c1-3-5-14-28-16-12-10-15(11-13-16)19(26)23-24-21-22-18-9-7-6-8-17(18)20(27)25(21)4-2/h6-13H,3-5,14H2,1-2H3,(H,22,24)(H,23,26). The third-order valence-electron chi connectivity index (χ3n) is 4.35. The summed E-state index contributed by atoms with van der Waals surface area (Å²) in [5.41, 5.74) is 6.27. The van der Waals surface area contributed by atoms with Crippen LogP contribution in [0.15, 0.2) is 53.3 Å². The third kappa shape index (κ3) is 4.31. The second-order valence-corrected chi connectivity index (χ2v) is 6.31. The summed E-state index contributed by atoms with van der Waals surface area (Å²) in [6, 6.07) is 14.0. The highest BCUT2D eigenvalue weighted by Crippen LogP contribution is 2.13. The number of carbonyl (C=O) groups is 1. The van der Waals surface area contributed by atoms with E-state index in [0.717, 1.165) is 18.6 Å². The zero-order valence-electron chi connectivity index (χ0n) is 16.1. The first-order valence-electron chi connectivity index (χ1n) is 9.42. The maximum atomic E-state index is 12.6. The Balaban J connectivity index is 1.71. The number of hydrogen-bond donors (Lipinski definition) is 2. The number of fused-ring (bicyclic) bond motifs is 1. The number of ether oxygens (including phenoxy) is 1. The van der Waals surface area contributed by atoms with Crippen molar-refractivity contribution >= 4 is 22.8 Å². The Morgan fingerprint density at radius 1 is 1.11 bits per heavy atom. The maximum Gasteiger partial charge on any atom is 0.269 e. The van der Waals surface area contributed by atoms with E-state index in [-0.39, 0.29) is 11.5 Å². The number of rotatable bonds is 8. The van der Waals surface area contributed by atoms with Gasteiger partial charge >= 0.3 is 0 Å². The van der Waals surface area contributed by atoms with E-state index in [1.807, 2.05) is 13.0 Å². The van der Waals surface area contributed by atoms with E-state index in [1.54, 1.807) is 42.5 Å². The molecule has 0 aliphatic carbocycles. The van der Waals surface area contributed by atoms with Crippen LogP contribution < -0.4 is 21.1 Å². The van der Waals surface area contributed by atoms with Gasteiger partial charge in [-0.3, -0.25) is 25.0 Å². The van der Waals surface area contributed by atoms with E-state index >= 15 is 0 Å². The number of aromatic nitrogens is 2. The van der Waals surface area contributed by atoms with Crippen LogP contribution in [0.25, 0.3) is 10.9 Å². The van der Waals surface area contributed by atoms with Gasteiger partial charge in [0.1, 0.15) is 5.75 Å². The minimum Gasteiger partial charge on any atom is -0.494 e. The topological polar surface area (TPSA) is 85.2 Å². The summed E-state index contributed by atoms with van der Waals surface area (Å²) in [5, 5.41) is 0.542. The first-order valence-corrected chi connectivity index (χ1v) is 9.42. The minimum absolute atomic E-state index is 0.154. The molecule has 2 N–H and O–H groups in total. The molecule has 0 bridgehead atoms. The van der Waals surface area contributed by atoms with Crippen molar-refractivity contribution in [2.75, 3.05) is 12.0 Å². The summed E-state index contributed by atoms with van der Waals surface area (Å²) in [6.07, 6.45) is 2.06. The monoisotopic (exact) mass is 380 g/mol. The maximum absolute atomic E-state index is 12.6. The number of nitrogens with zero attached hydrogens (tertiary/aromatic N) is 2. The fraction of sp³-hybridized carbons (Fsp3) is 0.286. The minimum atomic E-state index is -0.329. The Morgan fingerprint density at radius 2 is 1.86 bits per heavy atom. The number of para-hydroxylation sites is 1.